The molecule has 0 aliphatic carbocycles. The van der Waals surface area contributed by atoms with Crippen LogP contribution < -0.4 is 4.74 Å². The summed E-state index contributed by atoms with van der Waals surface area (Å²) in [6.45, 7) is 1.03. The number of carbonyl (C=O) groups is 1. The van der Waals surface area contributed by atoms with Gasteiger partial charge in [-0.15, -0.1) is 0 Å². The molecular weight excluding hydrogens is 280 g/mol. The molecule has 1 atom stereocenters. The van der Waals surface area contributed by atoms with Crippen LogP contribution in [0.15, 0.2) is 42.6 Å². The summed E-state index contributed by atoms with van der Waals surface area (Å²) in [5, 5.41) is 9.52. The third kappa shape index (κ3) is 2.94. The van der Waals surface area contributed by atoms with Crippen LogP contribution in [0, 0.1) is 0 Å². The van der Waals surface area contributed by atoms with E-state index in [1.807, 2.05) is 30.3 Å². The molecule has 1 aliphatic rings. The predicted octanol–water partition coefficient (Wildman–Crippen LogP) is 1.96. The summed E-state index contributed by atoms with van der Waals surface area (Å²) in [5.74, 6) is 0.541. The average molecular weight is 298 g/mol. The fourth-order valence-electron chi connectivity index (χ4n) is 2.59. The number of hydrogen-bond acceptors (Lipinski definition) is 4. The molecule has 0 spiro atoms. The topological polar surface area (TPSA) is 62.7 Å². The number of likely N-dealkylation sites (tertiary alicyclic amines) is 1. The first-order valence-electron chi connectivity index (χ1n) is 7.25. The highest BCUT2D eigenvalue weighted by molar-refractivity contribution is 5.94. The van der Waals surface area contributed by atoms with Crippen molar-refractivity contribution in [2.24, 2.45) is 0 Å². The molecule has 2 heterocycles. The SMILES string of the molecule is COc1ccc(-c2ccc(C(=O)N3CC[C@@H](O)C3)cc2)cn1. The van der Waals surface area contributed by atoms with Gasteiger partial charge in [0, 0.05) is 36.5 Å². The Bertz CT molecular complexity index is 653. The molecule has 5 heteroatoms. The van der Waals surface area contributed by atoms with Crippen molar-refractivity contribution < 1.29 is 14.6 Å². The molecule has 0 unspecified atom stereocenters. The molecule has 1 N–H and O–H groups in total. The summed E-state index contributed by atoms with van der Waals surface area (Å²) in [4.78, 5) is 18.2. The van der Waals surface area contributed by atoms with Crippen LogP contribution in [0.5, 0.6) is 5.88 Å². The Balaban J connectivity index is 1.75. The van der Waals surface area contributed by atoms with Gasteiger partial charge in [-0.05, 0) is 30.2 Å². The summed E-state index contributed by atoms with van der Waals surface area (Å²) in [5.41, 5.74) is 2.60. The number of pyridine rings is 1. The smallest absolute Gasteiger partial charge is 0.253 e. The van der Waals surface area contributed by atoms with Crippen molar-refractivity contribution in [1.82, 2.24) is 9.88 Å². The Morgan fingerprint density at radius 3 is 2.50 bits per heavy atom. The van der Waals surface area contributed by atoms with Crippen LogP contribution >= 0.6 is 0 Å². The monoisotopic (exact) mass is 298 g/mol. The summed E-state index contributed by atoms with van der Waals surface area (Å²) < 4.78 is 5.04. The molecule has 1 saturated heterocycles. The van der Waals surface area contributed by atoms with Crippen LogP contribution in [0.25, 0.3) is 11.1 Å². The van der Waals surface area contributed by atoms with Crippen LogP contribution in [0.2, 0.25) is 0 Å². The van der Waals surface area contributed by atoms with Gasteiger partial charge in [0.2, 0.25) is 5.88 Å². The van der Waals surface area contributed by atoms with E-state index in [2.05, 4.69) is 4.98 Å². The van der Waals surface area contributed by atoms with Crippen molar-refractivity contribution in [2.75, 3.05) is 20.2 Å². The van der Waals surface area contributed by atoms with E-state index in [1.54, 1.807) is 24.3 Å². The molecule has 0 saturated carbocycles. The zero-order chi connectivity index (χ0) is 15.5. The maximum Gasteiger partial charge on any atom is 0.253 e. The minimum atomic E-state index is -0.395. The molecule has 1 aromatic carbocycles. The van der Waals surface area contributed by atoms with Crippen LogP contribution in [0.3, 0.4) is 0 Å². The highest BCUT2D eigenvalue weighted by Crippen LogP contribution is 2.22. The third-order valence-electron chi connectivity index (χ3n) is 3.86. The van der Waals surface area contributed by atoms with Crippen molar-refractivity contribution >= 4 is 5.91 Å². The highest BCUT2D eigenvalue weighted by atomic mass is 16.5. The lowest BCUT2D eigenvalue weighted by molar-refractivity contribution is 0.0765. The molecule has 5 nitrogen and oxygen atoms in total. The van der Waals surface area contributed by atoms with Crippen LogP contribution in [-0.4, -0.2) is 47.2 Å². The molecule has 0 bridgehead atoms. The number of nitrogens with zero attached hydrogens (tertiary/aromatic N) is 2. The van der Waals surface area contributed by atoms with Crippen LogP contribution in [0.4, 0.5) is 0 Å². The fourth-order valence-corrected chi connectivity index (χ4v) is 2.59. The van der Waals surface area contributed by atoms with E-state index >= 15 is 0 Å². The Morgan fingerprint density at radius 1 is 1.23 bits per heavy atom. The second-order valence-corrected chi connectivity index (χ2v) is 5.36. The molecule has 22 heavy (non-hydrogen) atoms. The standard InChI is InChI=1S/C17H18N2O3/c1-22-16-7-6-14(10-18-16)12-2-4-13(5-3-12)17(21)19-9-8-15(20)11-19/h2-7,10,15,20H,8-9,11H2,1H3/t15-/m1/s1. The first kappa shape index (κ1) is 14.5. The molecule has 1 fully saturated rings. The Hall–Kier alpha value is -2.40. The first-order valence-corrected chi connectivity index (χ1v) is 7.25. The average Bonchev–Trinajstić information content (AvgIpc) is 3.01. The minimum Gasteiger partial charge on any atom is -0.481 e. The van der Waals surface area contributed by atoms with Gasteiger partial charge in [-0.3, -0.25) is 4.79 Å². The van der Waals surface area contributed by atoms with Crippen molar-refractivity contribution in [3.63, 3.8) is 0 Å². The minimum absolute atomic E-state index is 0.0315. The largest absolute Gasteiger partial charge is 0.481 e. The number of carbonyl (C=O) groups excluding carboxylic acids is 1. The number of ether oxygens (including phenoxy) is 1. The number of benzene rings is 1. The number of amides is 1. The number of β-amino-alcohol motifs (C(OH)–C–C–N with tert-alkyl or cyclic N) is 1. The number of rotatable bonds is 3. The van der Waals surface area contributed by atoms with Gasteiger partial charge >= 0.3 is 0 Å². The second kappa shape index (κ2) is 6.15. The molecular formula is C17H18N2O3. The van der Waals surface area contributed by atoms with Gasteiger partial charge in [-0.2, -0.15) is 0 Å². The second-order valence-electron chi connectivity index (χ2n) is 5.36. The van der Waals surface area contributed by atoms with E-state index in [1.165, 1.54) is 0 Å². The predicted molar refractivity (Wildman–Crippen MR) is 82.8 cm³/mol. The number of aliphatic hydroxyl groups is 1. The van der Waals surface area contributed by atoms with E-state index in [-0.39, 0.29) is 5.91 Å². The van der Waals surface area contributed by atoms with Gasteiger partial charge < -0.3 is 14.7 Å². The van der Waals surface area contributed by atoms with Crippen molar-refractivity contribution in [1.29, 1.82) is 0 Å². The highest BCUT2D eigenvalue weighted by Gasteiger charge is 2.25. The van der Waals surface area contributed by atoms with Crippen molar-refractivity contribution in [3.8, 4) is 17.0 Å². The van der Waals surface area contributed by atoms with E-state index < -0.39 is 6.10 Å². The van der Waals surface area contributed by atoms with Gasteiger partial charge in [0.05, 0.1) is 13.2 Å². The molecule has 1 amide bonds. The van der Waals surface area contributed by atoms with E-state index in [0.717, 1.165) is 11.1 Å². The number of methoxy groups -OCH3 is 1. The van der Waals surface area contributed by atoms with Gasteiger partial charge in [0.1, 0.15) is 0 Å². The lowest BCUT2D eigenvalue weighted by atomic mass is 10.1. The van der Waals surface area contributed by atoms with Crippen LogP contribution in [-0.2, 0) is 0 Å². The molecule has 2 aromatic rings. The maximum absolute atomic E-state index is 12.3. The lowest BCUT2D eigenvalue weighted by Crippen LogP contribution is -2.29. The number of aliphatic hydroxyl groups excluding tert-OH is 1. The van der Waals surface area contributed by atoms with E-state index in [9.17, 15) is 9.90 Å². The van der Waals surface area contributed by atoms with Gasteiger partial charge in [-0.25, -0.2) is 4.98 Å². The van der Waals surface area contributed by atoms with Crippen molar-refractivity contribution in [3.05, 3.63) is 48.2 Å². The third-order valence-corrected chi connectivity index (χ3v) is 3.86. The molecule has 1 aromatic heterocycles. The number of hydrogen-bond donors (Lipinski definition) is 1. The number of aromatic nitrogens is 1. The van der Waals surface area contributed by atoms with E-state index in [4.69, 9.17) is 4.74 Å². The first-order chi connectivity index (χ1) is 10.7. The van der Waals surface area contributed by atoms with E-state index in [0.29, 0.717) is 31.0 Å². The summed E-state index contributed by atoms with van der Waals surface area (Å²) in [7, 11) is 1.58. The molecule has 0 radical (unpaired) electrons. The molecule has 3 rings (SSSR count). The molecule has 1 aliphatic heterocycles. The normalized spacial score (nSPS) is 17.5. The van der Waals surface area contributed by atoms with Crippen LogP contribution in [0.1, 0.15) is 16.8 Å². The lowest BCUT2D eigenvalue weighted by Gasteiger charge is -2.15. The Morgan fingerprint density at radius 2 is 1.95 bits per heavy atom. The quantitative estimate of drug-likeness (QED) is 0.941. The summed E-state index contributed by atoms with van der Waals surface area (Å²) in [6.07, 6.45) is 2.00. The van der Waals surface area contributed by atoms with Gasteiger partial charge in [0.25, 0.3) is 5.91 Å². The zero-order valence-corrected chi connectivity index (χ0v) is 12.4. The molecule has 114 valence electrons. The van der Waals surface area contributed by atoms with Gasteiger partial charge in [-0.1, -0.05) is 12.1 Å². The zero-order valence-electron chi connectivity index (χ0n) is 12.4. The Kier molecular flexibility index (Phi) is 4.06. The Labute approximate surface area is 129 Å². The maximum atomic E-state index is 12.3. The summed E-state index contributed by atoms with van der Waals surface area (Å²) >= 11 is 0. The summed E-state index contributed by atoms with van der Waals surface area (Å²) in [6, 6.07) is 11.2. The van der Waals surface area contributed by atoms with Crippen molar-refractivity contribution in [2.45, 2.75) is 12.5 Å². The van der Waals surface area contributed by atoms with Gasteiger partial charge in [0.15, 0.2) is 0 Å². The fraction of sp³-hybridized carbons (Fsp3) is 0.294.